The van der Waals surface area contributed by atoms with Crippen molar-refractivity contribution in [1.29, 1.82) is 0 Å². The summed E-state index contributed by atoms with van der Waals surface area (Å²) in [5.74, 6) is 1.58. The van der Waals surface area contributed by atoms with E-state index in [1.165, 1.54) is 19.4 Å². The summed E-state index contributed by atoms with van der Waals surface area (Å²) in [6.45, 7) is 10.2. The van der Waals surface area contributed by atoms with Crippen LogP contribution in [0.4, 0.5) is 5.82 Å². The number of nitrogens with one attached hydrogen (secondary N) is 1. The van der Waals surface area contributed by atoms with Gasteiger partial charge < -0.3 is 20.9 Å². The molecule has 1 aromatic heterocycles. The van der Waals surface area contributed by atoms with Crippen molar-refractivity contribution >= 4 is 11.8 Å². The maximum atomic E-state index is 6.03. The van der Waals surface area contributed by atoms with Gasteiger partial charge in [0.15, 0.2) is 5.96 Å². The maximum absolute atomic E-state index is 6.03. The third kappa shape index (κ3) is 5.08. The molecule has 1 atom stereocenters. The lowest BCUT2D eigenvalue weighted by Crippen LogP contribution is -2.44. The zero-order valence-electron chi connectivity index (χ0n) is 16.2. The van der Waals surface area contributed by atoms with E-state index in [4.69, 9.17) is 5.73 Å². The van der Waals surface area contributed by atoms with Gasteiger partial charge in [0.1, 0.15) is 5.82 Å². The number of guanidine groups is 1. The molecule has 2 fully saturated rings. The van der Waals surface area contributed by atoms with Crippen molar-refractivity contribution in [2.45, 2.75) is 32.4 Å². The average molecular weight is 360 g/mol. The van der Waals surface area contributed by atoms with E-state index in [1.54, 1.807) is 0 Å². The summed E-state index contributed by atoms with van der Waals surface area (Å²) in [6.07, 6.45) is 4.44. The second kappa shape index (κ2) is 9.19. The first-order chi connectivity index (χ1) is 12.7. The van der Waals surface area contributed by atoms with Crippen molar-refractivity contribution < 1.29 is 0 Å². The Labute approximate surface area is 157 Å². The monoisotopic (exact) mass is 359 g/mol. The fourth-order valence-electron chi connectivity index (χ4n) is 3.73. The van der Waals surface area contributed by atoms with Crippen LogP contribution in [0.1, 0.15) is 25.3 Å². The lowest BCUT2D eigenvalue weighted by atomic mass is 10.2. The van der Waals surface area contributed by atoms with Crippen LogP contribution in [0.15, 0.2) is 23.3 Å². The summed E-state index contributed by atoms with van der Waals surface area (Å²) in [4.78, 5) is 16.3. The molecule has 3 heterocycles. The molecule has 2 aliphatic rings. The first kappa shape index (κ1) is 18.9. The predicted molar refractivity (Wildman–Crippen MR) is 108 cm³/mol. The molecule has 7 nitrogen and oxygen atoms in total. The van der Waals surface area contributed by atoms with Crippen molar-refractivity contribution in [3.8, 4) is 0 Å². The molecule has 1 aromatic rings. The Morgan fingerprint density at radius 1 is 1.27 bits per heavy atom. The van der Waals surface area contributed by atoms with Crippen LogP contribution in [-0.4, -0.2) is 79.6 Å². The first-order valence-corrected chi connectivity index (χ1v) is 9.82. The van der Waals surface area contributed by atoms with Crippen molar-refractivity contribution in [2.75, 3.05) is 57.8 Å². The normalized spacial score (nSPS) is 22.8. The summed E-state index contributed by atoms with van der Waals surface area (Å²) in [7, 11) is 2.16. The van der Waals surface area contributed by atoms with Crippen molar-refractivity contribution in [3.63, 3.8) is 0 Å². The maximum Gasteiger partial charge on any atom is 0.188 e. The molecule has 1 unspecified atom stereocenters. The van der Waals surface area contributed by atoms with Crippen LogP contribution < -0.4 is 16.0 Å². The zero-order chi connectivity index (χ0) is 18.4. The van der Waals surface area contributed by atoms with E-state index in [9.17, 15) is 0 Å². The zero-order valence-corrected chi connectivity index (χ0v) is 16.2. The highest BCUT2D eigenvalue weighted by Crippen LogP contribution is 2.16. The van der Waals surface area contributed by atoms with Gasteiger partial charge in [-0.05, 0) is 44.6 Å². The molecule has 0 spiro atoms. The molecule has 3 N–H and O–H groups in total. The minimum Gasteiger partial charge on any atom is -0.370 e. The van der Waals surface area contributed by atoms with E-state index < -0.39 is 0 Å². The van der Waals surface area contributed by atoms with Crippen LogP contribution in [-0.2, 0) is 6.54 Å². The molecular weight excluding hydrogens is 326 g/mol. The van der Waals surface area contributed by atoms with E-state index in [2.05, 4.69) is 56.1 Å². The summed E-state index contributed by atoms with van der Waals surface area (Å²) in [6, 6.07) is 4.78. The molecule has 0 aliphatic carbocycles. The smallest absolute Gasteiger partial charge is 0.188 e. The molecule has 0 amide bonds. The summed E-state index contributed by atoms with van der Waals surface area (Å²) in [5, 5.41) is 3.28. The number of rotatable bonds is 6. The summed E-state index contributed by atoms with van der Waals surface area (Å²) >= 11 is 0. The number of nitrogens with two attached hydrogens (primary N) is 1. The average Bonchev–Trinajstić information content (AvgIpc) is 3.13. The second-order valence-electron chi connectivity index (χ2n) is 7.32. The fraction of sp³-hybridized carbons (Fsp3) is 0.684. The Hall–Kier alpha value is -1.86. The van der Waals surface area contributed by atoms with Crippen LogP contribution in [0.2, 0.25) is 0 Å². The van der Waals surface area contributed by atoms with Crippen molar-refractivity contribution in [1.82, 2.24) is 20.1 Å². The highest BCUT2D eigenvalue weighted by molar-refractivity contribution is 5.77. The molecule has 7 heteroatoms. The molecule has 144 valence electrons. The summed E-state index contributed by atoms with van der Waals surface area (Å²) in [5.41, 5.74) is 7.12. The minimum atomic E-state index is 0.524. The number of likely N-dealkylation sites (tertiary alicyclic amines) is 1. The molecule has 2 aliphatic heterocycles. The van der Waals surface area contributed by atoms with Gasteiger partial charge in [0, 0.05) is 45.0 Å². The number of pyridine rings is 1. The van der Waals surface area contributed by atoms with Crippen molar-refractivity contribution in [2.24, 2.45) is 10.7 Å². The van der Waals surface area contributed by atoms with Gasteiger partial charge in [-0.15, -0.1) is 0 Å². The third-order valence-corrected chi connectivity index (χ3v) is 5.49. The van der Waals surface area contributed by atoms with Gasteiger partial charge in [0.2, 0.25) is 0 Å². The number of hydrogen-bond donors (Lipinski definition) is 2. The number of anilines is 1. The number of piperazine rings is 1. The van der Waals surface area contributed by atoms with Crippen LogP contribution >= 0.6 is 0 Å². The van der Waals surface area contributed by atoms with Gasteiger partial charge in [-0.3, -0.25) is 4.90 Å². The lowest BCUT2D eigenvalue weighted by molar-refractivity contribution is 0.267. The Bertz CT molecular complexity index is 578. The number of nitrogens with zero attached hydrogens (tertiary/aromatic N) is 5. The standard InChI is InChI=1S/C19H33N7/c1-3-25-8-4-5-17(25)15-23-19(20)22-14-16-6-7-18(21-13-16)26-11-9-24(2)10-12-26/h6-7,13,17H,3-5,8-12,14-15H2,1-2H3,(H3,20,22,23). The molecule has 0 bridgehead atoms. The SMILES string of the molecule is CCN1CCCC1CNC(N)=NCc1ccc(N2CCN(C)CC2)nc1. The van der Waals surface area contributed by atoms with E-state index in [1.807, 2.05) is 6.20 Å². The fourth-order valence-corrected chi connectivity index (χ4v) is 3.73. The Balaban J connectivity index is 1.45. The van der Waals surface area contributed by atoms with Crippen LogP contribution in [0.5, 0.6) is 0 Å². The molecular formula is C19H33N7. The Morgan fingerprint density at radius 3 is 2.77 bits per heavy atom. The van der Waals surface area contributed by atoms with Crippen molar-refractivity contribution in [3.05, 3.63) is 23.9 Å². The third-order valence-electron chi connectivity index (χ3n) is 5.49. The molecule has 0 radical (unpaired) electrons. The van der Waals surface area contributed by atoms with Gasteiger partial charge in [0.05, 0.1) is 6.54 Å². The second-order valence-corrected chi connectivity index (χ2v) is 7.32. The molecule has 0 saturated carbocycles. The van der Waals surface area contributed by atoms with Gasteiger partial charge in [-0.25, -0.2) is 9.98 Å². The molecule has 3 rings (SSSR count). The van der Waals surface area contributed by atoms with E-state index >= 15 is 0 Å². The quantitative estimate of drug-likeness (QED) is 0.576. The number of likely N-dealkylation sites (N-methyl/N-ethyl adjacent to an activating group) is 2. The van der Waals surface area contributed by atoms with E-state index in [-0.39, 0.29) is 0 Å². The molecule has 2 saturated heterocycles. The highest BCUT2D eigenvalue weighted by atomic mass is 15.3. The molecule has 0 aromatic carbocycles. The van der Waals surface area contributed by atoms with Crippen LogP contribution in [0.25, 0.3) is 0 Å². The largest absolute Gasteiger partial charge is 0.370 e. The minimum absolute atomic E-state index is 0.524. The molecule has 26 heavy (non-hydrogen) atoms. The van der Waals surface area contributed by atoms with Crippen LogP contribution in [0, 0.1) is 0 Å². The first-order valence-electron chi connectivity index (χ1n) is 9.82. The summed E-state index contributed by atoms with van der Waals surface area (Å²) < 4.78 is 0. The number of aliphatic imine (C=N–C) groups is 1. The van der Waals surface area contributed by atoms with Gasteiger partial charge in [0.25, 0.3) is 0 Å². The topological polar surface area (TPSA) is 73.0 Å². The highest BCUT2D eigenvalue weighted by Gasteiger charge is 2.22. The van der Waals surface area contributed by atoms with E-state index in [0.717, 1.165) is 50.6 Å². The number of aromatic nitrogens is 1. The van der Waals surface area contributed by atoms with Gasteiger partial charge in [-0.1, -0.05) is 13.0 Å². The van der Waals surface area contributed by atoms with E-state index in [0.29, 0.717) is 18.5 Å². The van der Waals surface area contributed by atoms with Gasteiger partial charge in [-0.2, -0.15) is 0 Å². The number of hydrogen-bond acceptors (Lipinski definition) is 5. The van der Waals surface area contributed by atoms with Gasteiger partial charge >= 0.3 is 0 Å². The Kier molecular flexibility index (Phi) is 6.68. The van der Waals surface area contributed by atoms with Crippen LogP contribution in [0.3, 0.4) is 0 Å². The Morgan fingerprint density at radius 2 is 2.08 bits per heavy atom. The lowest BCUT2D eigenvalue weighted by Gasteiger charge is -2.33. The predicted octanol–water partition coefficient (Wildman–Crippen LogP) is 0.722.